The second-order valence-corrected chi connectivity index (χ2v) is 3.92. The van der Waals surface area contributed by atoms with Crippen LogP contribution in [0.15, 0.2) is 29.4 Å². The van der Waals surface area contributed by atoms with Crippen molar-refractivity contribution in [2.45, 2.75) is 5.75 Å². The zero-order chi connectivity index (χ0) is 10.6. The van der Waals surface area contributed by atoms with E-state index in [4.69, 9.17) is 5.53 Å². The van der Waals surface area contributed by atoms with Gasteiger partial charge in [-0.15, -0.1) is 0 Å². The molecule has 8 heteroatoms. The first-order valence-electron chi connectivity index (χ1n) is 3.59. The van der Waals surface area contributed by atoms with Gasteiger partial charge in [-0.25, -0.2) is 8.42 Å². The third-order valence-electron chi connectivity index (χ3n) is 1.48. The molecule has 0 fully saturated rings. The predicted octanol–water partition coefficient (Wildman–Crippen LogP) is -1.32. The number of hydrogen-bond acceptors (Lipinski definition) is 4. The Balaban J connectivity index is 0.00000196. The zero-order valence-corrected chi connectivity index (χ0v) is 10.8. The second-order valence-electron chi connectivity index (χ2n) is 2.52. The maximum atomic E-state index is 10.5. The standard InChI is InChI=1S/C7H7N3O3S.Na/c8-10-9-7-4-2-1-3-6(7)5-14(11,12)13;/h1-4H,5H2,(H,11,12,13);/q;+1/p-1. The molecule has 0 amide bonds. The average molecular weight is 235 g/mol. The van der Waals surface area contributed by atoms with E-state index in [2.05, 4.69) is 10.0 Å². The van der Waals surface area contributed by atoms with Gasteiger partial charge in [-0.2, -0.15) is 0 Å². The van der Waals surface area contributed by atoms with Crippen LogP contribution in [0.5, 0.6) is 0 Å². The van der Waals surface area contributed by atoms with Gasteiger partial charge in [0.1, 0.15) is 0 Å². The van der Waals surface area contributed by atoms with Gasteiger partial charge in [-0.3, -0.25) is 0 Å². The van der Waals surface area contributed by atoms with Gasteiger partial charge in [0, 0.05) is 10.6 Å². The molecule has 15 heavy (non-hydrogen) atoms. The van der Waals surface area contributed by atoms with Crippen LogP contribution in [0, 0.1) is 0 Å². The van der Waals surface area contributed by atoms with Crippen molar-refractivity contribution in [1.29, 1.82) is 0 Å². The van der Waals surface area contributed by atoms with Crippen LogP contribution in [-0.2, 0) is 15.9 Å². The molecule has 0 saturated heterocycles. The Hall–Kier alpha value is -0.560. The van der Waals surface area contributed by atoms with E-state index >= 15 is 0 Å². The van der Waals surface area contributed by atoms with Gasteiger partial charge >= 0.3 is 29.6 Å². The molecule has 0 N–H and O–H groups in total. The van der Waals surface area contributed by atoms with Crippen molar-refractivity contribution < 1.29 is 42.5 Å². The summed E-state index contributed by atoms with van der Waals surface area (Å²) in [6.45, 7) is 0. The summed E-state index contributed by atoms with van der Waals surface area (Å²) in [4.78, 5) is 2.52. The molecule has 0 aliphatic rings. The molecule has 0 heterocycles. The number of benzene rings is 1. The summed E-state index contributed by atoms with van der Waals surface area (Å²) in [7, 11) is -4.35. The number of hydrogen-bond donors (Lipinski definition) is 0. The van der Waals surface area contributed by atoms with E-state index in [0.29, 0.717) is 0 Å². The van der Waals surface area contributed by atoms with E-state index in [1.165, 1.54) is 12.1 Å². The first-order chi connectivity index (χ1) is 6.53. The SMILES string of the molecule is [N-]=[N+]=Nc1ccccc1CS(=O)(=O)[O-].[Na+]. The molecule has 0 aliphatic carbocycles. The maximum Gasteiger partial charge on any atom is 1.00 e. The maximum absolute atomic E-state index is 10.5. The fourth-order valence-corrected chi connectivity index (χ4v) is 1.59. The molecule has 0 radical (unpaired) electrons. The molecule has 6 nitrogen and oxygen atoms in total. The minimum absolute atomic E-state index is 0. The van der Waals surface area contributed by atoms with Gasteiger partial charge in [0.2, 0.25) is 0 Å². The van der Waals surface area contributed by atoms with Crippen molar-refractivity contribution in [3.63, 3.8) is 0 Å². The molecular weight excluding hydrogens is 229 g/mol. The van der Waals surface area contributed by atoms with E-state index in [-0.39, 0.29) is 40.8 Å². The van der Waals surface area contributed by atoms with Crippen LogP contribution in [0.4, 0.5) is 5.69 Å². The van der Waals surface area contributed by atoms with Gasteiger partial charge < -0.3 is 4.55 Å². The largest absolute Gasteiger partial charge is 1.00 e. The quantitative estimate of drug-likeness (QED) is 0.213. The fourth-order valence-electron chi connectivity index (χ4n) is 0.969. The van der Waals surface area contributed by atoms with Crippen LogP contribution in [0.2, 0.25) is 0 Å². The molecule has 0 spiro atoms. The van der Waals surface area contributed by atoms with Crippen molar-refractivity contribution in [2.24, 2.45) is 5.11 Å². The van der Waals surface area contributed by atoms with Crippen LogP contribution < -0.4 is 29.6 Å². The van der Waals surface area contributed by atoms with E-state index in [1.807, 2.05) is 0 Å². The third-order valence-corrected chi connectivity index (χ3v) is 2.14. The molecular formula is C7H6N3NaO3S. The van der Waals surface area contributed by atoms with Crippen LogP contribution in [-0.4, -0.2) is 13.0 Å². The van der Waals surface area contributed by atoms with Gasteiger partial charge in [0.05, 0.1) is 15.9 Å². The van der Waals surface area contributed by atoms with Crippen LogP contribution >= 0.6 is 0 Å². The molecule has 0 bridgehead atoms. The summed E-state index contributed by atoms with van der Waals surface area (Å²) >= 11 is 0. The Kier molecular flexibility index (Phi) is 5.89. The Morgan fingerprint density at radius 1 is 1.40 bits per heavy atom. The summed E-state index contributed by atoms with van der Waals surface area (Å²) in [6, 6.07) is 6.03. The normalized spacial score (nSPS) is 9.93. The van der Waals surface area contributed by atoms with Gasteiger partial charge in [0.25, 0.3) is 0 Å². The topological polar surface area (TPSA) is 106 Å². The molecule has 0 unspecified atom stereocenters. The third kappa shape index (κ3) is 5.17. The smallest absolute Gasteiger partial charge is 0.748 e. The van der Waals surface area contributed by atoms with Crippen LogP contribution in [0.3, 0.4) is 0 Å². The van der Waals surface area contributed by atoms with E-state index < -0.39 is 15.9 Å². The summed E-state index contributed by atoms with van der Waals surface area (Å²) in [5, 5.41) is 3.27. The summed E-state index contributed by atoms with van der Waals surface area (Å²) in [6.07, 6.45) is 0. The summed E-state index contributed by atoms with van der Waals surface area (Å²) < 4.78 is 31.4. The minimum atomic E-state index is -4.35. The van der Waals surface area contributed by atoms with E-state index in [0.717, 1.165) is 0 Å². The van der Waals surface area contributed by atoms with Crippen molar-refractivity contribution in [2.75, 3.05) is 0 Å². The van der Waals surface area contributed by atoms with Gasteiger partial charge in [-0.05, 0) is 11.1 Å². The van der Waals surface area contributed by atoms with E-state index in [9.17, 15) is 13.0 Å². The predicted molar refractivity (Wildman–Crippen MR) is 48.6 cm³/mol. The first-order valence-corrected chi connectivity index (χ1v) is 5.17. The molecule has 1 aromatic carbocycles. The first kappa shape index (κ1) is 14.4. The van der Waals surface area contributed by atoms with Crippen molar-refractivity contribution >= 4 is 15.8 Å². The summed E-state index contributed by atoms with van der Waals surface area (Å²) in [5.74, 6) is -0.664. The van der Waals surface area contributed by atoms with Crippen molar-refractivity contribution in [3.8, 4) is 0 Å². The average Bonchev–Trinajstić information content (AvgIpc) is 2.06. The van der Waals surface area contributed by atoms with Crippen LogP contribution in [0.25, 0.3) is 10.4 Å². The molecule has 0 aliphatic heterocycles. The summed E-state index contributed by atoms with van der Waals surface area (Å²) in [5.41, 5.74) is 8.54. The number of rotatable bonds is 3. The Morgan fingerprint density at radius 3 is 2.53 bits per heavy atom. The Labute approximate surface area is 109 Å². The van der Waals surface area contributed by atoms with Crippen molar-refractivity contribution in [1.82, 2.24) is 0 Å². The second kappa shape index (κ2) is 6.12. The van der Waals surface area contributed by atoms with Gasteiger partial charge in [0.15, 0.2) is 0 Å². The molecule has 1 rings (SSSR count). The Bertz CT molecular complexity index is 482. The van der Waals surface area contributed by atoms with Crippen LogP contribution in [0.1, 0.15) is 5.56 Å². The van der Waals surface area contributed by atoms with E-state index in [1.54, 1.807) is 12.1 Å². The molecule has 0 saturated carbocycles. The molecule has 0 aromatic heterocycles. The number of azide groups is 1. The minimum Gasteiger partial charge on any atom is -0.748 e. The Morgan fingerprint density at radius 2 is 2.00 bits per heavy atom. The molecule has 0 atom stereocenters. The molecule has 74 valence electrons. The molecule has 1 aromatic rings. The fraction of sp³-hybridized carbons (Fsp3) is 0.143. The zero-order valence-electron chi connectivity index (χ0n) is 7.99. The van der Waals surface area contributed by atoms with Crippen molar-refractivity contribution in [3.05, 3.63) is 40.3 Å². The van der Waals surface area contributed by atoms with Gasteiger partial charge in [-0.1, -0.05) is 29.4 Å². The number of nitrogens with zero attached hydrogens (tertiary/aromatic N) is 3. The monoisotopic (exact) mass is 235 g/mol.